The maximum absolute atomic E-state index is 12.4. The van der Waals surface area contributed by atoms with Gasteiger partial charge in [-0.1, -0.05) is 142 Å². The van der Waals surface area contributed by atoms with E-state index in [0.717, 1.165) is 38.5 Å². The van der Waals surface area contributed by atoms with Gasteiger partial charge in [0, 0.05) is 0 Å². The molecule has 0 unspecified atom stereocenters. The summed E-state index contributed by atoms with van der Waals surface area (Å²) >= 11 is 0. The Kier molecular flexibility index (Phi) is 28.8. The van der Waals surface area contributed by atoms with E-state index in [-0.39, 0.29) is 0 Å². The topological polar surface area (TPSA) is 110 Å². The Morgan fingerprint density at radius 3 is 1.50 bits per heavy atom. The number of hydrogen-bond acceptors (Lipinski definition) is 5. The number of nitrogens with one attached hydrogen (secondary N) is 1. The number of rotatable bonds is 30. The Hall–Kier alpha value is -0.950. The average molecular weight is 570 g/mol. The molecular formula is C34H67NO5. The molecule has 0 fully saturated rings. The third kappa shape index (κ3) is 23.7. The first-order chi connectivity index (χ1) is 19.5. The summed E-state index contributed by atoms with van der Waals surface area (Å²) in [6.07, 6.45) is 28.2. The smallest absolute Gasteiger partial charge is 0.249 e. The highest BCUT2D eigenvalue weighted by Crippen LogP contribution is 2.15. The largest absolute Gasteiger partial charge is 0.394 e. The third-order valence-corrected chi connectivity index (χ3v) is 7.98. The first-order valence-corrected chi connectivity index (χ1v) is 17.1. The predicted molar refractivity (Wildman–Crippen MR) is 168 cm³/mol. The van der Waals surface area contributed by atoms with Gasteiger partial charge >= 0.3 is 0 Å². The second-order valence-corrected chi connectivity index (χ2v) is 11.9. The van der Waals surface area contributed by atoms with Crippen molar-refractivity contribution in [2.45, 2.75) is 192 Å². The van der Waals surface area contributed by atoms with Gasteiger partial charge in [-0.05, 0) is 38.5 Å². The molecule has 0 saturated heterocycles. The van der Waals surface area contributed by atoms with Gasteiger partial charge in [0.05, 0.1) is 18.8 Å². The molecule has 4 atom stereocenters. The highest BCUT2D eigenvalue weighted by molar-refractivity contribution is 5.80. The van der Waals surface area contributed by atoms with Gasteiger partial charge in [-0.15, -0.1) is 0 Å². The van der Waals surface area contributed by atoms with Crippen molar-refractivity contribution in [1.82, 2.24) is 5.32 Å². The minimum atomic E-state index is -1.27. The van der Waals surface area contributed by atoms with E-state index in [2.05, 4.69) is 31.3 Å². The molecule has 5 N–H and O–H groups in total. The Morgan fingerprint density at radius 1 is 0.600 bits per heavy atom. The average Bonchev–Trinajstić information content (AvgIpc) is 2.96. The van der Waals surface area contributed by atoms with Crippen LogP contribution in [-0.4, -0.2) is 57.3 Å². The van der Waals surface area contributed by atoms with Crippen LogP contribution in [-0.2, 0) is 4.79 Å². The van der Waals surface area contributed by atoms with Gasteiger partial charge in [0.1, 0.15) is 12.2 Å². The Balaban J connectivity index is 3.81. The fourth-order valence-electron chi connectivity index (χ4n) is 5.17. The van der Waals surface area contributed by atoms with Crippen molar-refractivity contribution in [2.75, 3.05) is 6.61 Å². The molecule has 40 heavy (non-hydrogen) atoms. The second-order valence-electron chi connectivity index (χ2n) is 11.9. The van der Waals surface area contributed by atoms with E-state index in [9.17, 15) is 25.2 Å². The van der Waals surface area contributed by atoms with Crippen molar-refractivity contribution in [2.24, 2.45) is 0 Å². The second kappa shape index (κ2) is 29.5. The fourth-order valence-corrected chi connectivity index (χ4v) is 5.17. The summed E-state index contributed by atoms with van der Waals surface area (Å²) < 4.78 is 0. The van der Waals surface area contributed by atoms with Crippen molar-refractivity contribution in [3.05, 3.63) is 12.2 Å². The Bertz CT molecular complexity index is 571. The molecule has 0 aromatic rings. The van der Waals surface area contributed by atoms with Crippen molar-refractivity contribution >= 4 is 5.91 Å². The molecule has 0 aromatic carbocycles. The molecule has 238 valence electrons. The molecule has 0 radical (unpaired) electrons. The zero-order chi connectivity index (χ0) is 29.7. The maximum atomic E-state index is 12.4. The summed E-state index contributed by atoms with van der Waals surface area (Å²) in [4.78, 5) is 12.4. The van der Waals surface area contributed by atoms with Crippen LogP contribution >= 0.6 is 0 Å². The molecule has 0 rings (SSSR count). The lowest BCUT2D eigenvalue weighted by Gasteiger charge is -2.27. The number of carbonyl (C=O) groups is 1. The number of hydrogen-bond donors (Lipinski definition) is 5. The lowest BCUT2D eigenvalue weighted by Crippen LogP contribution is -2.53. The molecule has 0 aliphatic rings. The predicted octanol–water partition coefficient (Wildman–Crippen LogP) is 7.50. The molecule has 0 aromatic heterocycles. The molecule has 0 spiro atoms. The number of allylic oxidation sites excluding steroid dienone is 2. The van der Waals surface area contributed by atoms with Gasteiger partial charge in [-0.3, -0.25) is 4.79 Å². The van der Waals surface area contributed by atoms with Gasteiger partial charge in [0.25, 0.3) is 0 Å². The quantitative estimate of drug-likeness (QED) is 0.0454. The van der Waals surface area contributed by atoms with E-state index >= 15 is 0 Å². The number of aliphatic hydroxyl groups excluding tert-OH is 4. The van der Waals surface area contributed by atoms with Crippen LogP contribution in [0.4, 0.5) is 0 Å². The van der Waals surface area contributed by atoms with E-state index in [1.165, 1.54) is 103 Å². The standard InChI is InChI=1S/C34H67NO5/c1-3-5-7-9-11-13-14-15-16-17-18-19-20-22-24-26-28-32(38)34(40)35-30(29-36)33(39)31(37)27-25-23-21-12-10-8-6-4-2/h12,21,30-33,36-39H,3-11,13-20,22-29H2,1-2H3,(H,35,40)/b21-12+/t30-,31+,32+,33-/m0/s1. The van der Waals surface area contributed by atoms with Crippen molar-refractivity contribution in [3.8, 4) is 0 Å². The van der Waals surface area contributed by atoms with Crippen LogP contribution in [0.1, 0.15) is 168 Å². The van der Waals surface area contributed by atoms with Crippen LogP contribution in [0.2, 0.25) is 0 Å². The van der Waals surface area contributed by atoms with Crippen molar-refractivity contribution < 1.29 is 25.2 Å². The van der Waals surface area contributed by atoms with Crippen LogP contribution in [0.3, 0.4) is 0 Å². The summed E-state index contributed by atoms with van der Waals surface area (Å²) in [5.41, 5.74) is 0. The first-order valence-electron chi connectivity index (χ1n) is 17.1. The third-order valence-electron chi connectivity index (χ3n) is 7.98. The molecule has 6 nitrogen and oxygen atoms in total. The minimum Gasteiger partial charge on any atom is -0.394 e. The molecule has 6 heteroatoms. The highest BCUT2D eigenvalue weighted by atomic mass is 16.3. The molecule has 0 bridgehead atoms. The van der Waals surface area contributed by atoms with Gasteiger partial charge in [0.2, 0.25) is 5.91 Å². The summed E-state index contributed by atoms with van der Waals surface area (Å²) in [7, 11) is 0. The lowest BCUT2D eigenvalue weighted by atomic mass is 10.00. The number of carbonyl (C=O) groups excluding carboxylic acids is 1. The van der Waals surface area contributed by atoms with Crippen molar-refractivity contribution in [3.63, 3.8) is 0 Å². The molecular weight excluding hydrogens is 502 g/mol. The molecule has 0 aliphatic carbocycles. The minimum absolute atomic E-state index is 0.367. The van der Waals surface area contributed by atoms with Crippen LogP contribution < -0.4 is 5.32 Å². The summed E-state index contributed by atoms with van der Waals surface area (Å²) in [6, 6.07) is -0.993. The summed E-state index contributed by atoms with van der Waals surface area (Å²) in [6.45, 7) is 3.95. The Labute approximate surface area is 247 Å². The molecule has 0 heterocycles. The van der Waals surface area contributed by atoms with Gasteiger partial charge in [0.15, 0.2) is 0 Å². The fraction of sp³-hybridized carbons (Fsp3) is 0.912. The number of aliphatic hydroxyl groups is 4. The van der Waals surface area contributed by atoms with Gasteiger partial charge < -0.3 is 25.7 Å². The highest BCUT2D eigenvalue weighted by Gasteiger charge is 2.28. The van der Waals surface area contributed by atoms with Crippen LogP contribution in [0, 0.1) is 0 Å². The van der Waals surface area contributed by atoms with E-state index in [1.54, 1.807) is 0 Å². The monoisotopic (exact) mass is 570 g/mol. The molecule has 1 amide bonds. The number of amides is 1. The maximum Gasteiger partial charge on any atom is 0.249 e. The SMILES string of the molecule is CCCCC/C=C/CCC[C@@H](O)[C@@H](O)[C@H](CO)NC(=O)[C@H](O)CCCCCCCCCCCCCCCCCC. The van der Waals surface area contributed by atoms with Crippen molar-refractivity contribution in [1.29, 1.82) is 0 Å². The van der Waals surface area contributed by atoms with Gasteiger partial charge in [-0.2, -0.15) is 0 Å². The van der Waals surface area contributed by atoms with Crippen LogP contribution in [0.25, 0.3) is 0 Å². The zero-order valence-corrected chi connectivity index (χ0v) is 26.3. The lowest BCUT2D eigenvalue weighted by molar-refractivity contribution is -0.132. The van der Waals surface area contributed by atoms with E-state index < -0.39 is 36.9 Å². The van der Waals surface area contributed by atoms with E-state index in [4.69, 9.17) is 0 Å². The Morgan fingerprint density at radius 2 is 1.02 bits per heavy atom. The first kappa shape index (κ1) is 39.0. The summed E-state index contributed by atoms with van der Waals surface area (Å²) in [5.74, 6) is -0.596. The summed E-state index contributed by atoms with van der Waals surface area (Å²) in [5, 5.41) is 43.1. The van der Waals surface area contributed by atoms with Crippen LogP contribution in [0.15, 0.2) is 12.2 Å². The zero-order valence-electron chi connectivity index (χ0n) is 26.3. The van der Waals surface area contributed by atoms with E-state index in [1.807, 2.05) is 0 Å². The van der Waals surface area contributed by atoms with E-state index in [0.29, 0.717) is 12.8 Å². The van der Waals surface area contributed by atoms with Crippen LogP contribution in [0.5, 0.6) is 0 Å². The molecule has 0 saturated carbocycles. The van der Waals surface area contributed by atoms with Gasteiger partial charge in [-0.25, -0.2) is 0 Å². The molecule has 0 aliphatic heterocycles. The normalized spacial score (nSPS) is 14.8. The number of unbranched alkanes of at least 4 members (excludes halogenated alkanes) is 19.